The second-order valence-corrected chi connectivity index (χ2v) is 6.15. The van der Waals surface area contributed by atoms with Crippen molar-refractivity contribution < 1.29 is 14.6 Å². The summed E-state index contributed by atoms with van der Waals surface area (Å²) in [5.74, 6) is -0.696. The van der Waals surface area contributed by atoms with Gasteiger partial charge in [0.25, 0.3) is 0 Å². The number of piperazine rings is 1. The smallest absolute Gasteiger partial charge is 0.313 e. The molecular weight excluding hydrogens is 244 g/mol. The lowest BCUT2D eigenvalue weighted by molar-refractivity contribution is -0.159. The maximum Gasteiger partial charge on any atom is 0.313 e. The minimum atomic E-state index is -0.696. The van der Waals surface area contributed by atoms with Gasteiger partial charge in [0.2, 0.25) is 0 Å². The van der Waals surface area contributed by atoms with Crippen LogP contribution in [0.3, 0.4) is 0 Å². The number of aliphatic carboxylic acids is 1. The number of hydrogen-bond donors (Lipinski definition) is 1. The fraction of sp³-hybridized carbons (Fsp3) is 0.929. The summed E-state index contributed by atoms with van der Waals surface area (Å²) >= 11 is 0. The third-order valence-corrected chi connectivity index (χ3v) is 4.44. The summed E-state index contributed by atoms with van der Waals surface area (Å²) in [6, 6.07) is 0.577. The lowest BCUT2D eigenvalue weighted by Crippen LogP contribution is -2.54. The van der Waals surface area contributed by atoms with Crippen LogP contribution in [0.5, 0.6) is 0 Å². The van der Waals surface area contributed by atoms with E-state index in [9.17, 15) is 9.90 Å². The van der Waals surface area contributed by atoms with Crippen molar-refractivity contribution in [1.29, 1.82) is 0 Å². The first-order valence-corrected chi connectivity index (χ1v) is 7.31. The van der Waals surface area contributed by atoms with Gasteiger partial charge in [-0.3, -0.25) is 14.6 Å². The molecule has 2 fully saturated rings. The average molecular weight is 270 g/mol. The third kappa shape index (κ3) is 3.46. The Morgan fingerprint density at radius 2 is 2.00 bits per heavy atom. The Labute approximate surface area is 115 Å². The molecule has 2 aliphatic heterocycles. The summed E-state index contributed by atoms with van der Waals surface area (Å²) in [6.07, 6.45) is 1.60. The van der Waals surface area contributed by atoms with Gasteiger partial charge in [-0.25, -0.2) is 0 Å². The van der Waals surface area contributed by atoms with Crippen LogP contribution in [0, 0.1) is 5.41 Å². The minimum absolute atomic E-state index is 0.368. The zero-order chi connectivity index (χ0) is 13.9. The lowest BCUT2D eigenvalue weighted by atomic mass is 9.82. The van der Waals surface area contributed by atoms with Crippen LogP contribution in [0.1, 0.15) is 26.7 Å². The monoisotopic (exact) mass is 270 g/mol. The largest absolute Gasteiger partial charge is 0.481 e. The third-order valence-electron chi connectivity index (χ3n) is 4.44. The van der Waals surface area contributed by atoms with E-state index >= 15 is 0 Å². The molecule has 5 heteroatoms. The van der Waals surface area contributed by atoms with Gasteiger partial charge in [-0.05, 0) is 26.7 Å². The number of ether oxygens (including phenoxy) is 1. The number of nitrogens with zero attached hydrogens (tertiary/aromatic N) is 2. The molecule has 2 heterocycles. The standard InChI is InChI=1S/C14H26N2O3/c1-12(2)16-7-5-15(6-8-16)10-14(13(17)18)4-3-9-19-11-14/h12H,3-11H2,1-2H3,(H,17,18). The predicted molar refractivity (Wildman–Crippen MR) is 73.3 cm³/mol. The lowest BCUT2D eigenvalue weighted by Gasteiger charge is -2.42. The fourth-order valence-corrected chi connectivity index (χ4v) is 3.08. The van der Waals surface area contributed by atoms with Crippen molar-refractivity contribution in [3.63, 3.8) is 0 Å². The highest BCUT2D eigenvalue weighted by Crippen LogP contribution is 2.30. The molecule has 0 radical (unpaired) electrons. The van der Waals surface area contributed by atoms with Crippen LogP contribution >= 0.6 is 0 Å². The summed E-state index contributed by atoms with van der Waals surface area (Å²) in [5, 5.41) is 9.54. The van der Waals surface area contributed by atoms with Crippen LogP contribution in [-0.2, 0) is 9.53 Å². The van der Waals surface area contributed by atoms with Gasteiger partial charge < -0.3 is 9.84 Å². The minimum Gasteiger partial charge on any atom is -0.481 e. The van der Waals surface area contributed by atoms with Gasteiger partial charge in [0.1, 0.15) is 5.41 Å². The number of carboxylic acids is 1. The molecule has 5 nitrogen and oxygen atoms in total. The van der Waals surface area contributed by atoms with Crippen molar-refractivity contribution in [2.24, 2.45) is 5.41 Å². The van der Waals surface area contributed by atoms with Crippen molar-refractivity contribution in [3.05, 3.63) is 0 Å². The number of carbonyl (C=O) groups is 1. The number of carboxylic acid groups (broad SMARTS) is 1. The van der Waals surface area contributed by atoms with Gasteiger partial charge in [-0.15, -0.1) is 0 Å². The Kier molecular flexibility index (Phi) is 4.81. The van der Waals surface area contributed by atoms with Gasteiger partial charge in [0.15, 0.2) is 0 Å². The van der Waals surface area contributed by atoms with E-state index < -0.39 is 11.4 Å². The van der Waals surface area contributed by atoms with E-state index in [2.05, 4.69) is 23.6 Å². The number of rotatable bonds is 4. The predicted octanol–water partition coefficient (Wildman–Crippen LogP) is 0.894. The van der Waals surface area contributed by atoms with Crippen LogP contribution in [0.2, 0.25) is 0 Å². The molecule has 2 rings (SSSR count). The van der Waals surface area contributed by atoms with Crippen LogP contribution in [0.4, 0.5) is 0 Å². The summed E-state index contributed by atoms with van der Waals surface area (Å²) in [6.45, 7) is 10.1. The molecule has 0 aromatic heterocycles. The highest BCUT2D eigenvalue weighted by atomic mass is 16.5. The average Bonchev–Trinajstić information content (AvgIpc) is 2.40. The Morgan fingerprint density at radius 3 is 2.47 bits per heavy atom. The molecule has 0 aliphatic carbocycles. The summed E-state index contributed by atoms with van der Waals surface area (Å²) in [4.78, 5) is 16.3. The van der Waals surface area contributed by atoms with Crippen LogP contribution in [0.25, 0.3) is 0 Å². The Bertz CT molecular complexity index is 306. The maximum absolute atomic E-state index is 11.6. The first-order chi connectivity index (χ1) is 9.03. The molecule has 1 N–H and O–H groups in total. The van der Waals surface area contributed by atoms with Crippen molar-refractivity contribution >= 4 is 5.97 Å². The Balaban J connectivity index is 1.90. The van der Waals surface area contributed by atoms with Gasteiger partial charge >= 0.3 is 5.97 Å². The van der Waals surface area contributed by atoms with Crippen molar-refractivity contribution in [3.8, 4) is 0 Å². The van der Waals surface area contributed by atoms with Gasteiger partial charge in [0.05, 0.1) is 6.61 Å². The Morgan fingerprint density at radius 1 is 1.32 bits per heavy atom. The first-order valence-electron chi connectivity index (χ1n) is 7.31. The van der Waals surface area contributed by atoms with E-state index in [4.69, 9.17) is 4.74 Å². The highest BCUT2D eigenvalue weighted by Gasteiger charge is 2.42. The molecule has 0 amide bonds. The molecule has 2 saturated heterocycles. The molecule has 1 unspecified atom stereocenters. The fourth-order valence-electron chi connectivity index (χ4n) is 3.08. The molecule has 2 aliphatic rings. The molecule has 0 bridgehead atoms. The van der Waals surface area contributed by atoms with Crippen molar-refractivity contribution in [1.82, 2.24) is 9.80 Å². The van der Waals surface area contributed by atoms with Gasteiger partial charge in [0, 0.05) is 45.4 Å². The first kappa shape index (κ1) is 14.8. The molecule has 0 saturated carbocycles. The van der Waals surface area contributed by atoms with Crippen LogP contribution in [-0.4, -0.2) is 72.9 Å². The summed E-state index contributed by atoms with van der Waals surface area (Å²) in [5.41, 5.74) is -0.682. The Hall–Kier alpha value is -0.650. The van der Waals surface area contributed by atoms with E-state index in [1.807, 2.05) is 0 Å². The molecule has 110 valence electrons. The highest BCUT2D eigenvalue weighted by molar-refractivity contribution is 5.75. The maximum atomic E-state index is 11.6. The molecular formula is C14H26N2O3. The zero-order valence-corrected chi connectivity index (χ0v) is 12.1. The summed E-state index contributed by atoms with van der Waals surface area (Å²) < 4.78 is 5.43. The van der Waals surface area contributed by atoms with E-state index in [1.54, 1.807) is 0 Å². The normalized spacial score (nSPS) is 30.7. The molecule has 0 aromatic carbocycles. The number of hydrogen-bond acceptors (Lipinski definition) is 4. The van der Waals surface area contributed by atoms with Gasteiger partial charge in [-0.1, -0.05) is 0 Å². The van der Waals surface area contributed by atoms with E-state index in [0.29, 0.717) is 25.8 Å². The topological polar surface area (TPSA) is 53.0 Å². The molecule has 0 aromatic rings. The van der Waals surface area contributed by atoms with Crippen LogP contribution in [0.15, 0.2) is 0 Å². The second kappa shape index (κ2) is 6.20. The summed E-state index contributed by atoms with van der Waals surface area (Å²) in [7, 11) is 0. The quantitative estimate of drug-likeness (QED) is 0.822. The van der Waals surface area contributed by atoms with Gasteiger partial charge in [-0.2, -0.15) is 0 Å². The van der Waals surface area contributed by atoms with E-state index in [0.717, 1.165) is 39.0 Å². The molecule has 19 heavy (non-hydrogen) atoms. The SMILES string of the molecule is CC(C)N1CCN(CC2(C(=O)O)CCCOC2)CC1. The van der Waals surface area contributed by atoms with E-state index in [-0.39, 0.29) is 0 Å². The van der Waals surface area contributed by atoms with Crippen molar-refractivity contribution in [2.75, 3.05) is 45.9 Å². The van der Waals surface area contributed by atoms with Crippen LogP contribution < -0.4 is 0 Å². The molecule has 0 spiro atoms. The van der Waals surface area contributed by atoms with E-state index in [1.165, 1.54) is 0 Å². The molecule has 1 atom stereocenters. The zero-order valence-electron chi connectivity index (χ0n) is 12.1. The second-order valence-electron chi connectivity index (χ2n) is 6.15. The van der Waals surface area contributed by atoms with Crippen molar-refractivity contribution in [2.45, 2.75) is 32.7 Å².